The number of ether oxygens (including phenoxy) is 1. The molecule has 0 fully saturated rings. The number of ketones is 1. The summed E-state index contributed by atoms with van der Waals surface area (Å²) in [5.74, 6) is 0.959. The zero-order valence-electron chi connectivity index (χ0n) is 10.0. The van der Waals surface area contributed by atoms with Gasteiger partial charge in [-0.05, 0) is 36.2 Å². The van der Waals surface area contributed by atoms with E-state index in [1.54, 1.807) is 18.5 Å². The molecule has 1 aliphatic heterocycles. The van der Waals surface area contributed by atoms with Crippen LogP contribution in [0.4, 0.5) is 0 Å². The van der Waals surface area contributed by atoms with Gasteiger partial charge in [-0.3, -0.25) is 4.79 Å². The highest BCUT2D eigenvalue weighted by Crippen LogP contribution is 2.26. The molecule has 0 amide bonds. The van der Waals surface area contributed by atoms with Gasteiger partial charge in [0, 0.05) is 24.4 Å². The number of nitrogens with zero attached hydrogens (tertiary/aromatic N) is 2. The van der Waals surface area contributed by atoms with E-state index in [-0.39, 0.29) is 11.6 Å². The zero-order chi connectivity index (χ0) is 12.5. The molecular weight excluding hydrogens is 228 g/mol. The summed E-state index contributed by atoms with van der Waals surface area (Å²) in [7, 11) is 0. The van der Waals surface area contributed by atoms with Crippen molar-refractivity contribution in [2.45, 2.75) is 13.3 Å². The predicted molar refractivity (Wildman–Crippen MR) is 65.8 cm³/mol. The van der Waals surface area contributed by atoms with E-state index in [4.69, 9.17) is 4.74 Å². The minimum Gasteiger partial charge on any atom is -0.493 e. The van der Waals surface area contributed by atoms with Crippen molar-refractivity contribution in [1.82, 2.24) is 9.97 Å². The SMILES string of the molecule is Cc1cnc(C(=O)c2ccc3c(c2)CCO3)nc1. The number of rotatable bonds is 2. The first-order chi connectivity index (χ1) is 8.74. The second-order valence-electron chi connectivity index (χ2n) is 4.33. The Morgan fingerprint density at radius 3 is 2.83 bits per heavy atom. The van der Waals surface area contributed by atoms with Gasteiger partial charge in [0.1, 0.15) is 5.75 Å². The smallest absolute Gasteiger partial charge is 0.230 e. The standard InChI is InChI=1S/C14H12N2O2/c1-9-7-15-14(16-8-9)13(17)11-2-3-12-10(6-11)4-5-18-12/h2-3,6-8H,4-5H2,1H3. The number of aryl methyl sites for hydroxylation is 1. The summed E-state index contributed by atoms with van der Waals surface area (Å²) in [5, 5.41) is 0. The van der Waals surface area contributed by atoms with Crippen molar-refractivity contribution in [3.05, 3.63) is 53.1 Å². The molecule has 0 spiro atoms. The highest BCUT2D eigenvalue weighted by molar-refractivity contribution is 6.06. The van der Waals surface area contributed by atoms with Crippen molar-refractivity contribution in [2.75, 3.05) is 6.61 Å². The lowest BCUT2D eigenvalue weighted by atomic mass is 10.1. The van der Waals surface area contributed by atoms with E-state index < -0.39 is 0 Å². The molecule has 18 heavy (non-hydrogen) atoms. The van der Waals surface area contributed by atoms with E-state index in [1.165, 1.54) is 0 Å². The normalized spacial score (nSPS) is 12.9. The molecule has 0 aliphatic carbocycles. The second kappa shape index (κ2) is 4.22. The molecule has 0 radical (unpaired) electrons. The molecule has 2 aromatic rings. The van der Waals surface area contributed by atoms with E-state index in [9.17, 15) is 4.79 Å². The summed E-state index contributed by atoms with van der Waals surface area (Å²) in [6.45, 7) is 2.58. The van der Waals surface area contributed by atoms with Gasteiger partial charge in [0.25, 0.3) is 0 Å². The fourth-order valence-electron chi connectivity index (χ4n) is 1.97. The van der Waals surface area contributed by atoms with Crippen molar-refractivity contribution >= 4 is 5.78 Å². The summed E-state index contributed by atoms with van der Waals surface area (Å²) in [4.78, 5) is 20.3. The van der Waals surface area contributed by atoms with Gasteiger partial charge in [0.05, 0.1) is 6.61 Å². The Morgan fingerprint density at radius 1 is 1.28 bits per heavy atom. The zero-order valence-corrected chi connectivity index (χ0v) is 10.0. The van der Waals surface area contributed by atoms with Gasteiger partial charge in [0.2, 0.25) is 11.6 Å². The molecule has 90 valence electrons. The van der Waals surface area contributed by atoms with E-state index in [2.05, 4.69) is 9.97 Å². The lowest BCUT2D eigenvalue weighted by molar-refractivity contribution is 0.102. The van der Waals surface area contributed by atoms with Crippen LogP contribution < -0.4 is 4.74 Å². The number of benzene rings is 1. The summed E-state index contributed by atoms with van der Waals surface area (Å²) in [5.41, 5.74) is 2.63. The molecule has 0 saturated heterocycles. The summed E-state index contributed by atoms with van der Waals surface area (Å²) in [6.07, 6.45) is 4.15. The molecule has 2 heterocycles. The van der Waals surface area contributed by atoms with Crippen LogP contribution in [0.2, 0.25) is 0 Å². The molecule has 0 unspecified atom stereocenters. The minimum atomic E-state index is -0.148. The van der Waals surface area contributed by atoms with E-state index in [1.807, 2.05) is 19.1 Å². The van der Waals surface area contributed by atoms with E-state index >= 15 is 0 Å². The van der Waals surface area contributed by atoms with Crippen LogP contribution in [-0.4, -0.2) is 22.4 Å². The van der Waals surface area contributed by atoms with E-state index in [0.717, 1.165) is 23.3 Å². The Balaban J connectivity index is 1.95. The minimum absolute atomic E-state index is 0.148. The maximum atomic E-state index is 12.2. The number of hydrogen-bond donors (Lipinski definition) is 0. The van der Waals surface area contributed by atoms with Crippen LogP contribution in [0.25, 0.3) is 0 Å². The first kappa shape index (κ1) is 10.9. The topological polar surface area (TPSA) is 52.1 Å². The molecule has 0 bridgehead atoms. The van der Waals surface area contributed by atoms with Gasteiger partial charge < -0.3 is 4.74 Å². The van der Waals surface area contributed by atoms with Crippen molar-refractivity contribution < 1.29 is 9.53 Å². The van der Waals surface area contributed by atoms with Crippen molar-refractivity contribution in [3.63, 3.8) is 0 Å². The van der Waals surface area contributed by atoms with Gasteiger partial charge in [-0.15, -0.1) is 0 Å². The average molecular weight is 240 g/mol. The van der Waals surface area contributed by atoms with Gasteiger partial charge in [0.15, 0.2) is 0 Å². The maximum Gasteiger partial charge on any atom is 0.230 e. The first-order valence-corrected chi connectivity index (χ1v) is 5.83. The van der Waals surface area contributed by atoms with Gasteiger partial charge in [-0.2, -0.15) is 0 Å². The molecule has 1 aliphatic rings. The molecule has 0 saturated carbocycles. The van der Waals surface area contributed by atoms with Crippen LogP contribution in [0, 0.1) is 6.92 Å². The Bertz CT molecular complexity index is 606. The predicted octanol–water partition coefficient (Wildman–Crippen LogP) is 1.95. The molecule has 1 aromatic carbocycles. The van der Waals surface area contributed by atoms with Gasteiger partial charge in [-0.1, -0.05) is 0 Å². The molecule has 4 heteroatoms. The first-order valence-electron chi connectivity index (χ1n) is 5.83. The highest BCUT2D eigenvalue weighted by Gasteiger charge is 2.17. The lowest BCUT2D eigenvalue weighted by Gasteiger charge is -2.03. The van der Waals surface area contributed by atoms with Crippen molar-refractivity contribution in [2.24, 2.45) is 0 Å². The Morgan fingerprint density at radius 2 is 2.06 bits per heavy atom. The number of aromatic nitrogens is 2. The number of fused-ring (bicyclic) bond motifs is 1. The second-order valence-corrected chi connectivity index (χ2v) is 4.33. The lowest BCUT2D eigenvalue weighted by Crippen LogP contribution is -2.07. The summed E-state index contributed by atoms with van der Waals surface area (Å²) < 4.78 is 5.41. The number of hydrogen-bond acceptors (Lipinski definition) is 4. The summed E-state index contributed by atoms with van der Waals surface area (Å²) in [6, 6.07) is 5.47. The maximum absolute atomic E-state index is 12.2. The molecular formula is C14H12N2O2. The molecule has 0 atom stereocenters. The van der Waals surface area contributed by atoms with E-state index in [0.29, 0.717) is 12.2 Å². The Kier molecular flexibility index (Phi) is 2.55. The van der Waals surface area contributed by atoms with Crippen LogP contribution in [-0.2, 0) is 6.42 Å². The summed E-state index contributed by atoms with van der Waals surface area (Å²) >= 11 is 0. The molecule has 3 rings (SSSR count). The quantitative estimate of drug-likeness (QED) is 0.753. The third-order valence-electron chi connectivity index (χ3n) is 2.94. The van der Waals surface area contributed by atoms with Gasteiger partial charge >= 0.3 is 0 Å². The largest absolute Gasteiger partial charge is 0.493 e. The van der Waals surface area contributed by atoms with Crippen LogP contribution in [0.5, 0.6) is 5.75 Å². The monoisotopic (exact) mass is 240 g/mol. The third kappa shape index (κ3) is 1.86. The van der Waals surface area contributed by atoms with Crippen LogP contribution in [0.1, 0.15) is 27.3 Å². The molecule has 1 aromatic heterocycles. The van der Waals surface area contributed by atoms with Gasteiger partial charge in [-0.25, -0.2) is 9.97 Å². The van der Waals surface area contributed by atoms with Crippen molar-refractivity contribution in [1.29, 1.82) is 0 Å². The third-order valence-corrected chi connectivity index (χ3v) is 2.94. The Labute approximate surface area is 105 Å². The fourth-order valence-corrected chi connectivity index (χ4v) is 1.97. The van der Waals surface area contributed by atoms with Crippen LogP contribution >= 0.6 is 0 Å². The Hall–Kier alpha value is -2.23. The molecule has 0 N–H and O–H groups in total. The average Bonchev–Trinajstić information content (AvgIpc) is 2.86. The van der Waals surface area contributed by atoms with Crippen molar-refractivity contribution in [3.8, 4) is 5.75 Å². The number of carbonyl (C=O) groups excluding carboxylic acids is 1. The van der Waals surface area contributed by atoms with Crippen LogP contribution in [0.15, 0.2) is 30.6 Å². The number of carbonyl (C=O) groups is 1. The molecule has 4 nitrogen and oxygen atoms in total. The van der Waals surface area contributed by atoms with Crippen LogP contribution in [0.3, 0.4) is 0 Å². The fraction of sp³-hybridized carbons (Fsp3) is 0.214. The highest BCUT2D eigenvalue weighted by atomic mass is 16.5.